The Morgan fingerprint density at radius 1 is 1.38 bits per heavy atom. The molecular weight excluding hydrogens is 288 g/mol. The molecule has 3 rings (SSSR count). The van der Waals surface area contributed by atoms with E-state index >= 15 is 0 Å². The zero-order valence-electron chi connectivity index (χ0n) is 12.5. The number of fused-ring (bicyclic) bond motifs is 1. The molecule has 2 atom stereocenters. The Kier molecular flexibility index (Phi) is 4.79. The highest BCUT2D eigenvalue weighted by Crippen LogP contribution is 2.34. The molecule has 1 saturated carbocycles. The molecule has 1 aromatic rings. The lowest BCUT2D eigenvalue weighted by Crippen LogP contribution is -2.47. The Bertz CT molecular complexity index is 512. The second kappa shape index (κ2) is 6.24. The maximum Gasteiger partial charge on any atom is 0.261 e. The quantitative estimate of drug-likeness (QED) is 0.892. The average Bonchev–Trinajstić information content (AvgIpc) is 3.18. The average molecular weight is 311 g/mol. The Morgan fingerprint density at radius 3 is 2.67 bits per heavy atom. The number of nitrogens with two attached hydrogens (primary N) is 1. The van der Waals surface area contributed by atoms with E-state index in [2.05, 4.69) is 25.2 Å². The molecule has 1 aliphatic carbocycles. The lowest BCUT2D eigenvalue weighted by Gasteiger charge is -2.18. The van der Waals surface area contributed by atoms with Gasteiger partial charge in [-0.2, -0.15) is 0 Å². The lowest BCUT2D eigenvalue weighted by molar-refractivity contribution is -0.128. The van der Waals surface area contributed by atoms with Gasteiger partial charge in [-0.1, -0.05) is 6.07 Å². The molecule has 0 saturated heterocycles. The molecule has 2 aliphatic rings. The number of hydrogen-bond acceptors (Lipinski definition) is 3. The van der Waals surface area contributed by atoms with Crippen LogP contribution in [0, 0.1) is 19.8 Å². The monoisotopic (exact) mass is 310 g/mol. The predicted octanol–water partition coefficient (Wildman–Crippen LogP) is 1.88. The van der Waals surface area contributed by atoms with Crippen LogP contribution in [0.5, 0.6) is 5.75 Å². The largest absolute Gasteiger partial charge is 0.480 e. The highest BCUT2D eigenvalue weighted by molar-refractivity contribution is 5.85. The van der Waals surface area contributed by atoms with Crippen molar-refractivity contribution in [1.82, 2.24) is 5.32 Å². The van der Waals surface area contributed by atoms with Crippen LogP contribution >= 0.6 is 12.4 Å². The molecule has 2 unspecified atom stereocenters. The third-order valence-corrected chi connectivity index (χ3v) is 4.42. The van der Waals surface area contributed by atoms with Crippen LogP contribution in [-0.4, -0.2) is 24.6 Å². The summed E-state index contributed by atoms with van der Waals surface area (Å²) in [6.07, 6.45) is 2.60. The van der Waals surface area contributed by atoms with Crippen molar-refractivity contribution < 1.29 is 9.53 Å². The van der Waals surface area contributed by atoms with Gasteiger partial charge in [0.05, 0.1) is 0 Å². The number of carbonyl (C=O) groups is 1. The molecule has 1 fully saturated rings. The number of ether oxygens (including phenoxy) is 1. The van der Waals surface area contributed by atoms with Gasteiger partial charge in [-0.05, 0) is 55.4 Å². The number of carbonyl (C=O) groups excluding carboxylic acids is 1. The van der Waals surface area contributed by atoms with Crippen molar-refractivity contribution in [3.05, 3.63) is 28.8 Å². The van der Waals surface area contributed by atoms with Crippen molar-refractivity contribution in [1.29, 1.82) is 0 Å². The van der Waals surface area contributed by atoms with Crippen LogP contribution in [0.1, 0.15) is 29.5 Å². The predicted molar refractivity (Wildman–Crippen MR) is 85.0 cm³/mol. The summed E-state index contributed by atoms with van der Waals surface area (Å²) in [7, 11) is 0. The van der Waals surface area contributed by atoms with Gasteiger partial charge in [-0.25, -0.2) is 0 Å². The molecule has 1 aliphatic heterocycles. The number of aryl methyl sites for hydroxylation is 2. The van der Waals surface area contributed by atoms with Crippen LogP contribution in [0.15, 0.2) is 12.1 Å². The van der Waals surface area contributed by atoms with Crippen molar-refractivity contribution in [3.8, 4) is 5.75 Å². The van der Waals surface area contributed by atoms with E-state index in [1.807, 2.05) is 6.07 Å². The van der Waals surface area contributed by atoms with Gasteiger partial charge in [0.25, 0.3) is 5.91 Å². The zero-order chi connectivity index (χ0) is 14.3. The maximum atomic E-state index is 12.3. The van der Waals surface area contributed by atoms with Crippen molar-refractivity contribution >= 4 is 18.3 Å². The van der Waals surface area contributed by atoms with E-state index in [0.29, 0.717) is 18.9 Å². The molecule has 0 spiro atoms. The minimum atomic E-state index is -0.404. The molecule has 0 bridgehead atoms. The van der Waals surface area contributed by atoms with E-state index in [4.69, 9.17) is 10.5 Å². The van der Waals surface area contributed by atoms with Gasteiger partial charge in [0.15, 0.2) is 6.10 Å². The minimum Gasteiger partial charge on any atom is -0.480 e. The summed E-state index contributed by atoms with van der Waals surface area (Å²) in [5.41, 5.74) is 9.30. The molecule has 0 aromatic heterocycles. The Balaban J connectivity index is 0.00000161. The molecule has 1 amide bonds. The van der Waals surface area contributed by atoms with E-state index in [1.54, 1.807) is 0 Å². The van der Waals surface area contributed by atoms with Crippen LogP contribution in [0.3, 0.4) is 0 Å². The molecular formula is C16H23ClN2O2. The fraction of sp³-hybridized carbons (Fsp3) is 0.562. The standard InChI is InChI=1S/C16H22N2O2.ClH/c1-9-5-12-7-15(20-14(12)6-10(9)2)16(19)18-13(8-17)11-3-4-11;/h5-6,11,13,15H,3-4,7-8,17H2,1-2H3,(H,18,19);1H. The zero-order valence-corrected chi connectivity index (χ0v) is 13.3. The topological polar surface area (TPSA) is 64.3 Å². The SMILES string of the molecule is Cc1cc2c(cc1C)OC(C(=O)NC(CN)C1CC1)C2.Cl. The highest BCUT2D eigenvalue weighted by Gasteiger charge is 2.35. The first kappa shape index (κ1) is 16.1. The molecule has 5 heteroatoms. The van der Waals surface area contributed by atoms with Gasteiger partial charge < -0.3 is 15.8 Å². The van der Waals surface area contributed by atoms with Crippen molar-refractivity contribution in [2.75, 3.05) is 6.54 Å². The van der Waals surface area contributed by atoms with E-state index in [-0.39, 0.29) is 24.4 Å². The van der Waals surface area contributed by atoms with Gasteiger partial charge >= 0.3 is 0 Å². The normalized spacial score (nSPS) is 21.0. The fourth-order valence-corrected chi connectivity index (χ4v) is 2.80. The summed E-state index contributed by atoms with van der Waals surface area (Å²) < 4.78 is 5.80. The lowest BCUT2D eigenvalue weighted by atomic mass is 10.0. The number of rotatable bonds is 4. The smallest absolute Gasteiger partial charge is 0.261 e. The fourth-order valence-electron chi connectivity index (χ4n) is 2.80. The molecule has 116 valence electrons. The molecule has 1 aromatic carbocycles. The number of benzene rings is 1. The summed E-state index contributed by atoms with van der Waals surface area (Å²) in [5, 5.41) is 3.05. The maximum absolute atomic E-state index is 12.3. The van der Waals surface area contributed by atoms with Crippen LogP contribution < -0.4 is 15.8 Å². The number of nitrogens with one attached hydrogen (secondary N) is 1. The van der Waals surface area contributed by atoms with Crippen molar-refractivity contribution in [2.45, 2.75) is 45.3 Å². The third kappa shape index (κ3) is 3.33. The van der Waals surface area contributed by atoms with Gasteiger partial charge in [-0.15, -0.1) is 12.4 Å². The summed E-state index contributed by atoms with van der Waals surface area (Å²) in [4.78, 5) is 12.3. The molecule has 0 radical (unpaired) electrons. The second-order valence-corrected chi connectivity index (χ2v) is 6.04. The molecule has 4 nitrogen and oxygen atoms in total. The number of halogens is 1. The van der Waals surface area contributed by atoms with E-state index < -0.39 is 6.10 Å². The molecule has 21 heavy (non-hydrogen) atoms. The first-order valence-electron chi connectivity index (χ1n) is 7.35. The minimum absolute atomic E-state index is 0. The molecule has 1 heterocycles. The Hall–Kier alpha value is -1.26. The van der Waals surface area contributed by atoms with Crippen molar-refractivity contribution in [3.63, 3.8) is 0 Å². The first-order valence-corrected chi connectivity index (χ1v) is 7.35. The Morgan fingerprint density at radius 2 is 2.05 bits per heavy atom. The number of amides is 1. The third-order valence-electron chi connectivity index (χ3n) is 4.42. The van der Waals surface area contributed by atoms with Crippen LogP contribution in [-0.2, 0) is 11.2 Å². The van der Waals surface area contributed by atoms with E-state index in [9.17, 15) is 4.79 Å². The van der Waals surface area contributed by atoms with Crippen molar-refractivity contribution in [2.24, 2.45) is 11.7 Å². The summed E-state index contributed by atoms with van der Waals surface area (Å²) in [5.74, 6) is 1.39. The van der Waals surface area contributed by atoms with Crippen LogP contribution in [0.2, 0.25) is 0 Å². The van der Waals surface area contributed by atoms with Crippen LogP contribution in [0.4, 0.5) is 0 Å². The van der Waals surface area contributed by atoms with Crippen LogP contribution in [0.25, 0.3) is 0 Å². The van der Waals surface area contributed by atoms with Gasteiger partial charge in [-0.3, -0.25) is 4.79 Å². The van der Waals surface area contributed by atoms with E-state index in [1.165, 1.54) is 24.0 Å². The van der Waals surface area contributed by atoms with Gasteiger partial charge in [0.1, 0.15) is 5.75 Å². The summed E-state index contributed by atoms with van der Waals surface area (Å²) >= 11 is 0. The first-order chi connectivity index (χ1) is 9.58. The second-order valence-electron chi connectivity index (χ2n) is 6.04. The number of hydrogen-bond donors (Lipinski definition) is 2. The van der Waals surface area contributed by atoms with E-state index in [0.717, 1.165) is 11.3 Å². The molecule has 3 N–H and O–H groups in total. The van der Waals surface area contributed by atoms with Gasteiger partial charge in [0.2, 0.25) is 0 Å². The highest BCUT2D eigenvalue weighted by atomic mass is 35.5. The Labute approximate surface area is 131 Å². The van der Waals surface area contributed by atoms with Gasteiger partial charge in [0, 0.05) is 19.0 Å². The summed E-state index contributed by atoms with van der Waals surface area (Å²) in [6, 6.07) is 4.26. The summed E-state index contributed by atoms with van der Waals surface area (Å²) in [6.45, 7) is 4.65.